The van der Waals surface area contributed by atoms with Gasteiger partial charge in [-0.1, -0.05) is 6.42 Å². The molecule has 3 rings (SSSR count). The first-order chi connectivity index (χ1) is 6.38. The number of fused-ring (bicyclic) bond motifs is 1. The molecular formula is C11H18O2. The van der Waals surface area contributed by atoms with Crippen LogP contribution in [0, 0.1) is 11.8 Å². The lowest BCUT2D eigenvalue weighted by Gasteiger charge is -2.34. The highest BCUT2D eigenvalue weighted by atomic mass is 16.7. The van der Waals surface area contributed by atoms with Gasteiger partial charge in [-0.25, -0.2) is 0 Å². The van der Waals surface area contributed by atoms with Crippen molar-refractivity contribution in [3.05, 3.63) is 0 Å². The van der Waals surface area contributed by atoms with Gasteiger partial charge in [0.05, 0.1) is 13.2 Å². The molecule has 2 atom stereocenters. The van der Waals surface area contributed by atoms with Crippen molar-refractivity contribution in [2.45, 2.75) is 44.3 Å². The van der Waals surface area contributed by atoms with Crippen LogP contribution in [0.5, 0.6) is 0 Å². The summed E-state index contributed by atoms with van der Waals surface area (Å²) in [4.78, 5) is 0. The molecule has 0 aromatic rings. The summed E-state index contributed by atoms with van der Waals surface area (Å²) >= 11 is 0. The molecule has 13 heavy (non-hydrogen) atoms. The van der Waals surface area contributed by atoms with Crippen LogP contribution in [0.2, 0.25) is 0 Å². The first kappa shape index (κ1) is 8.25. The van der Waals surface area contributed by atoms with Gasteiger partial charge < -0.3 is 9.47 Å². The van der Waals surface area contributed by atoms with Gasteiger partial charge >= 0.3 is 0 Å². The van der Waals surface area contributed by atoms with Crippen molar-refractivity contribution in [2.75, 3.05) is 13.2 Å². The molecule has 2 nitrogen and oxygen atoms in total. The molecule has 3 fully saturated rings. The van der Waals surface area contributed by atoms with Crippen molar-refractivity contribution in [3.8, 4) is 0 Å². The van der Waals surface area contributed by atoms with E-state index in [2.05, 4.69) is 0 Å². The van der Waals surface area contributed by atoms with Crippen LogP contribution in [-0.2, 0) is 9.47 Å². The summed E-state index contributed by atoms with van der Waals surface area (Å²) in [6.45, 7) is 1.83. The molecule has 2 saturated carbocycles. The maximum Gasteiger partial charge on any atom is 0.168 e. The van der Waals surface area contributed by atoms with Crippen molar-refractivity contribution in [1.82, 2.24) is 0 Å². The first-order valence-corrected chi connectivity index (χ1v) is 5.66. The third kappa shape index (κ3) is 1.31. The molecule has 74 valence electrons. The third-order valence-corrected chi connectivity index (χ3v) is 3.98. The van der Waals surface area contributed by atoms with Crippen LogP contribution >= 0.6 is 0 Å². The Labute approximate surface area is 79.6 Å². The summed E-state index contributed by atoms with van der Waals surface area (Å²) in [5.41, 5.74) is 0. The van der Waals surface area contributed by atoms with Gasteiger partial charge in [0.2, 0.25) is 0 Å². The fraction of sp³-hybridized carbons (Fsp3) is 1.00. The van der Waals surface area contributed by atoms with Crippen molar-refractivity contribution in [2.24, 2.45) is 11.8 Å². The highest BCUT2D eigenvalue weighted by molar-refractivity contribution is 4.94. The van der Waals surface area contributed by atoms with E-state index < -0.39 is 0 Å². The quantitative estimate of drug-likeness (QED) is 0.572. The van der Waals surface area contributed by atoms with E-state index in [0.29, 0.717) is 0 Å². The molecular weight excluding hydrogens is 164 g/mol. The Morgan fingerprint density at radius 1 is 0.846 bits per heavy atom. The van der Waals surface area contributed by atoms with Crippen LogP contribution in [0.25, 0.3) is 0 Å². The molecule has 1 spiro atoms. The normalized spacial score (nSPS) is 42.5. The molecule has 0 aromatic carbocycles. The summed E-state index contributed by atoms with van der Waals surface area (Å²) in [7, 11) is 0. The van der Waals surface area contributed by atoms with Crippen molar-refractivity contribution < 1.29 is 9.47 Å². The van der Waals surface area contributed by atoms with E-state index in [1.54, 1.807) is 0 Å². The maximum atomic E-state index is 5.84. The fourth-order valence-electron chi connectivity index (χ4n) is 3.39. The number of ether oxygens (including phenoxy) is 2. The van der Waals surface area contributed by atoms with E-state index in [1.165, 1.54) is 32.1 Å². The molecule has 1 heterocycles. The third-order valence-electron chi connectivity index (χ3n) is 3.98. The topological polar surface area (TPSA) is 18.5 Å². The molecule has 0 radical (unpaired) electrons. The summed E-state index contributed by atoms with van der Waals surface area (Å²) in [5, 5.41) is 0. The lowest BCUT2D eigenvalue weighted by atomic mass is 10.0. The Bertz CT molecular complexity index is 182. The van der Waals surface area contributed by atoms with E-state index in [9.17, 15) is 0 Å². The van der Waals surface area contributed by atoms with Crippen LogP contribution in [0.3, 0.4) is 0 Å². The van der Waals surface area contributed by atoms with Crippen LogP contribution in [0.15, 0.2) is 0 Å². The molecule has 0 bridgehead atoms. The highest BCUT2D eigenvalue weighted by Crippen LogP contribution is 2.51. The standard InChI is InChI=1S/C11H18O2/c1-3-9-7-11(8-10(9)4-1)12-5-2-6-13-11/h9-10H,1-8H2. The molecule has 0 amide bonds. The first-order valence-electron chi connectivity index (χ1n) is 5.66. The van der Waals surface area contributed by atoms with Gasteiger partial charge in [-0.05, 0) is 31.1 Å². The second-order valence-corrected chi connectivity index (χ2v) is 4.82. The van der Waals surface area contributed by atoms with Crippen molar-refractivity contribution in [1.29, 1.82) is 0 Å². The molecule has 0 N–H and O–H groups in total. The van der Waals surface area contributed by atoms with Crippen molar-refractivity contribution in [3.63, 3.8) is 0 Å². The molecule has 2 unspecified atom stereocenters. The molecule has 3 aliphatic rings. The maximum absolute atomic E-state index is 5.84. The van der Waals surface area contributed by atoms with Crippen molar-refractivity contribution >= 4 is 0 Å². The van der Waals surface area contributed by atoms with E-state index in [1.807, 2.05) is 0 Å². The van der Waals surface area contributed by atoms with E-state index >= 15 is 0 Å². The SMILES string of the molecule is C1COC2(CC3CCCC3C2)OC1. The van der Waals surface area contributed by atoms with Crippen LogP contribution < -0.4 is 0 Å². The van der Waals surface area contributed by atoms with Gasteiger partial charge in [0.25, 0.3) is 0 Å². The lowest BCUT2D eigenvalue weighted by molar-refractivity contribution is -0.265. The summed E-state index contributed by atoms with van der Waals surface area (Å²) in [5.74, 6) is 1.70. The minimum atomic E-state index is -0.131. The zero-order valence-corrected chi connectivity index (χ0v) is 8.13. The van der Waals surface area contributed by atoms with E-state index in [0.717, 1.165) is 31.5 Å². The van der Waals surface area contributed by atoms with E-state index in [-0.39, 0.29) is 5.79 Å². The fourth-order valence-corrected chi connectivity index (χ4v) is 3.39. The molecule has 1 saturated heterocycles. The van der Waals surface area contributed by atoms with E-state index in [4.69, 9.17) is 9.47 Å². The van der Waals surface area contributed by atoms with Gasteiger partial charge in [0.15, 0.2) is 5.79 Å². The Kier molecular flexibility index (Phi) is 1.88. The molecule has 0 aromatic heterocycles. The van der Waals surface area contributed by atoms with Crippen LogP contribution in [0.4, 0.5) is 0 Å². The van der Waals surface area contributed by atoms with Crippen LogP contribution in [-0.4, -0.2) is 19.0 Å². The average Bonchev–Trinajstić information content (AvgIpc) is 2.64. The second kappa shape index (κ2) is 2.96. The number of hydrogen-bond acceptors (Lipinski definition) is 2. The second-order valence-electron chi connectivity index (χ2n) is 4.82. The zero-order chi connectivity index (χ0) is 8.73. The predicted molar refractivity (Wildman–Crippen MR) is 49.3 cm³/mol. The Balaban J connectivity index is 1.73. The summed E-state index contributed by atoms with van der Waals surface area (Å²) in [6, 6.07) is 0. The van der Waals surface area contributed by atoms with Gasteiger partial charge in [-0.2, -0.15) is 0 Å². The minimum absolute atomic E-state index is 0.131. The molecule has 2 aliphatic carbocycles. The number of rotatable bonds is 0. The average molecular weight is 182 g/mol. The van der Waals surface area contributed by atoms with Gasteiger partial charge in [0, 0.05) is 12.8 Å². The van der Waals surface area contributed by atoms with Gasteiger partial charge in [-0.15, -0.1) is 0 Å². The Morgan fingerprint density at radius 2 is 1.46 bits per heavy atom. The van der Waals surface area contributed by atoms with Crippen LogP contribution in [0.1, 0.15) is 38.5 Å². The number of hydrogen-bond donors (Lipinski definition) is 0. The minimum Gasteiger partial charge on any atom is -0.350 e. The summed E-state index contributed by atoms with van der Waals surface area (Å²) in [6.07, 6.45) is 7.70. The predicted octanol–water partition coefficient (Wildman–Crippen LogP) is 2.33. The zero-order valence-electron chi connectivity index (χ0n) is 8.13. The molecule has 1 aliphatic heterocycles. The highest BCUT2D eigenvalue weighted by Gasteiger charge is 2.49. The lowest BCUT2D eigenvalue weighted by Crippen LogP contribution is -2.38. The Hall–Kier alpha value is -0.0800. The smallest absolute Gasteiger partial charge is 0.168 e. The summed E-state index contributed by atoms with van der Waals surface area (Å²) < 4.78 is 11.7. The largest absolute Gasteiger partial charge is 0.350 e. The molecule has 2 heteroatoms. The monoisotopic (exact) mass is 182 g/mol. The van der Waals surface area contributed by atoms with Gasteiger partial charge in [-0.3, -0.25) is 0 Å². The Morgan fingerprint density at radius 3 is 2.08 bits per heavy atom. The van der Waals surface area contributed by atoms with Gasteiger partial charge in [0.1, 0.15) is 0 Å².